The number of likely N-dealkylation sites (tertiary alicyclic amines) is 1. The van der Waals surface area contributed by atoms with E-state index in [-0.39, 0.29) is 43.8 Å². The summed E-state index contributed by atoms with van der Waals surface area (Å²) in [6.07, 6.45) is 2.34. The van der Waals surface area contributed by atoms with Crippen LogP contribution in [0.15, 0.2) is 66.7 Å². The number of carboxylic acid groups (broad SMARTS) is 1. The van der Waals surface area contributed by atoms with Gasteiger partial charge in [0.2, 0.25) is 5.91 Å². The highest BCUT2D eigenvalue weighted by Gasteiger charge is 2.30. The molecule has 3 aromatic rings. The van der Waals surface area contributed by atoms with Crippen molar-refractivity contribution in [2.24, 2.45) is 0 Å². The van der Waals surface area contributed by atoms with Crippen LogP contribution in [0.1, 0.15) is 56.7 Å². The van der Waals surface area contributed by atoms with Gasteiger partial charge in [-0.3, -0.25) is 19.2 Å². The van der Waals surface area contributed by atoms with Gasteiger partial charge in [0.15, 0.2) is 0 Å². The van der Waals surface area contributed by atoms with E-state index >= 15 is 0 Å². The number of aryl methyl sites for hydroxylation is 1. The molecule has 1 N–H and O–H groups in total. The minimum Gasteiger partial charge on any atom is -0.481 e. The Kier molecular flexibility index (Phi) is 8.16. The van der Waals surface area contributed by atoms with Gasteiger partial charge < -0.3 is 19.8 Å². The summed E-state index contributed by atoms with van der Waals surface area (Å²) in [4.78, 5) is 56.0. The number of hydrogen-bond donors (Lipinski definition) is 1. The SMILES string of the molecule is O=C(O)CCc1ccc2c(c1)N(Cc1ccc(C(=O)N3CCCC3)cc1)C(=O)CN(C(=O)c1ccc(Cl)cc1)C2. The second-order valence-corrected chi connectivity index (χ2v) is 10.6. The van der Waals surface area contributed by atoms with Gasteiger partial charge in [0.05, 0.1) is 6.54 Å². The number of nitrogens with zero attached hydrogens (tertiary/aromatic N) is 3. The highest BCUT2D eigenvalue weighted by Crippen LogP contribution is 2.30. The third-order valence-corrected chi connectivity index (χ3v) is 7.62. The van der Waals surface area contributed by atoms with Crippen molar-refractivity contribution in [1.29, 1.82) is 0 Å². The third kappa shape index (κ3) is 6.18. The van der Waals surface area contributed by atoms with Crippen molar-refractivity contribution in [2.45, 2.75) is 38.8 Å². The van der Waals surface area contributed by atoms with Gasteiger partial charge >= 0.3 is 5.97 Å². The Morgan fingerprint density at radius 2 is 1.38 bits per heavy atom. The predicted molar refractivity (Wildman–Crippen MR) is 151 cm³/mol. The van der Waals surface area contributed by atoms with Gasteiger partial charge in [-0.05, 0) is 78.4 Å². The zero-order chi connectivity index (χ0) is 28.2. The Labute approximate surface area is 237 Å². The fraction of sp³-hybridized carbons (Fsp3) is 0.290. The van der Waals surface area contributed by atoms with Gasteiger partial charge in [-0.1, -0.05) is 35.9 Å². The summed E-state index contributed by atoms with van der Waals surface area (Å²) >= 11 is 5.99. The highest BCUT2D eigenvalue weighted by molar-refractivity contribution is 6.30. The van der Waals surface area contributed by atoms with E-state index in [9.17, 15) is 19.2 Å². The molecule has 0 aromatic heterocycles. The molecule has 0 radical (unpaired) electrons. The molecule has 1 fully saturated rings. The molecule has 9 heteroatoms. The molecule has 0 atom stereocenters. The average Bonchev–Trinajstić information content (AvgIpc) is 3.46. The number of rotatable bonds is 7. The number of halogens is 1. The van der Waals surface area contributed by atoms with Crippen molar-refractivity contribution >= 4 is 41.0 Å². The van der Waals surface area contributed by atoms with E-state index in [4.69, 9.17) is 16.7 Å². The van der Waals surface area contributed by atoms with Gasteiger partial charge in [0.1, 0.15) is 6.54 Å². The van der Waals surface area contributed by atoms with E-state index in [0.717, 1.165) is 42.6 Å². The van der Waals surface area contributed by atoms with E-state index in [1.165, 1.54) is 4.90 Å². The molecule has 3 aromatic carbocycles. The van der Waals surface area contributed by atoms with Gasteiger partial charge in [-0.15, -0.1) is 0 Å². The van der Waals surface area contributed by atoms with Gasteiger partial charge in [-0.2, -0.15) is 0 Å². The minimum absolute atomic E-state index is 0.0136. The molecule has 2 aliphatic heterocycles. The summed E-state index contributed by atoms with van der Waals surface area (Å²) in [5, 5.41) is 9.67. The second kappa shape index (κ2) is 11.9. The summed E-state index contributed by atoms with van der Waals surface area (Å²) < 4.78 is 0. The Morgan fingerprint density at radius 3 is 2.02 bits per heavy atom. The first-order valence-electron chi connectivity index (χ1n) is 13.4. The molecular formula is C31H30ClN3O5. The van der Waals surface area contributed by atoms with E-state index in [1.807, 2.05) is 35.2 Å². The van der Waals surface area contributed by atoms with Gasteiger partial charge in [0.25, 0.3) is 11.8 Å². The molecule has 1 saturated heterocycles. The number of anilines is 1. The maximum absolute atomic E-state index is 13.7. The lowest BCUT2D eigenvalue weighted by Crippen LogP contribution is -2.39. The van der Waals surface area contributed by atoms with Crippen LogP contribution in [0.4, 0.5) is 5.69 Å². The maximum atomic E-state index is 13.7. The fourth-order valence-electron chi connectivity index (χ4n) is 5.18. The zero-order valence-corrected chi connectivity index (χ0v) is 22.8. The summed E-state index contributed by atoms with van der Waals surface area (Å²) in [7, 11) is 0. The Balaban J connectivity index is 1.43. The number of carbonyl (C=O) groups is 4. The van der Waals surface area contributed by atoms with Crippen LogP contribution in [0.5, 0.6) is 0 Å². The number of hydrogen-bond acceptors (Lipinski definition) is 4. The fourth-order valence-corrected chi connectivity index (χ4v) is 5.30. The number of benzene rings is 3. The van der Waals surface area contributed by atoms with Crippen molar-refractivity contribution in [2.75, 3.05) is 24.5 Å². The van der Waals surface area contributed by atoms with Crippen LogP contribution in [0.2, 0.25) is 5.02 Å². The molecule has 0 aliphatic carbocycles. The molecular weight excluding hydrogens is 530 g/mol. The number of carboxylic acids is 1. The molecule has 0 spiro atoms. The van der Waals surface area contributed by atoms with Crippen molar-refractivity contribution < 1.29 is 24.3 Å². The highest BCUT2D eigenvalue weighted by atomic mass is 35.5. The molecule has 3 amide bonds. The van der Waals surface area contributed by atoms with E-state index < -0.39 is 5.97 Å². The Hall–Kier alpha value is -4.17. The molecule has 0 unspecified atom stereocenters. The molecule has 0 saturated carbocycles. The molecule has 2 aliphatic rings. The van der Waals surface area contributed by atoms with E-state index in [1.54, 1.807) is 41.3 Å². The van der Waals surface area contributed by atoms with Gasteiger partial charge in [0, 0.05) is 47.9 Å². The normalized spacial score (nSPS) is 15.1. The quantitative estimate of drug-likeness (QED) is 0.449. The number of amides is 3. The van der Waals surface area contributed by atoms with Crippen LogP contribution < -0.4 is 4.90 Å². The average molecular weight is 560 g/mol. The lowest BCUT2D eigenvalue weighted by molar-refractivity contribution is -0.137. The summed E-state index contributed by atoms with van der Waals surface area (Å²) in [5.41, 5.74) is 4.12. The molecule has 8 nitrogen and oxygen atoms in total. The summed E-state index contributed by atoms with van der Waals surface area (Å²) in [6.45, 7) is 1.90. The number of aliphatic carboxylic acids is 1. The summed E-state index contributed by atoms with van der Waals surface area (Å²) in [5.74, 6) is -1.42. The molecule has 5 rings (SSSR count). The maximum Gasteiger partial charge on any atom is 0.303 e. The molecule has 206 valence electrons. The van der Waals surface area contributed by atoms with Crippen LogP contribution in [0.25, 0.3) is 0 Å². The van der Waals surface area contributed by atoms with Crippen LogP contribution in [0.3, 0.4) is 0 Å². The van der Waals surface area contributed by atoms with E-state index in [0.29, 0.717) is 28.3 Å². The predicted octanol–water partition coefficient (Wildman–Crippen LogP) is 4.78. The van der Waals surface area contributed by atoms with Crippen molar-refractivity contribution in [3.8, 4) is 0 Å². The first-order valence-corrected chi connectivity index (χ1v) is 13.7. The minimum atomic E-state index is -0.897. The number of fused-ring (bicyclic) bond motifs is 1. The van der Waals surface area contributed by atoms with Crippen molar-refractivity contribution in [1.82, 2.24) is 9.80 Å². The topological polar surface area (TPSA) is 98.2 Å². The standard InChI is InChI=1S/C31H30ClN3O5/c32-26-12-10-24(11-13-26)31(40)34-19-25-9-3-21(6-14-29(37)38)17-27(25)35(28(36)20-34)18-22-4-7-23(8-5-22)30(39)33-15-1-2-16-33/h3-5,7-13,17H,1-2,6,14-16,18-20H2,(H,37,38). The number of carbonyl (C=O) groups excluding carboxylic acids is 3. The molecule has 0 bridgehead atoms. The Morgan fingerprint density at radius 1 is 0.775 bits per heavy atom. The van der Waals surface area contributed by atoms with Crippen molar-refractivity contribution in [3.63, 3.8) is 0 Å². The smallest absolute Gasteiger partial charge is 0.303 e. The van der Waals surface area contributed by atoms with Crippen LogP contribution >= 0.6 is 11.6 Å². The molecule has 2 heterocycles. The third-order valence-electron chi connectivity index (χ3n) is 7.37. The lowest BCUT2D eigenvalue weighted by atomic mass is 10.0. The first kappa shape index (κ1) is 27.4. The van der Waals surface area contributed by atoms with Crippen LogP contribution in [-0.4, -0.2) is 58.2 Å². The van der Waals surface area contributed by atoms with E-state index in [2.05, 4.69) is 0 Å². The largest absolute Gasteiger partial charge is 0.481 e. The molecule has 40 heavy (non-hydrogen) atoms. The van der Waals surface area contributed by atoms with Crippen LogP contribution in [-0.2, 0) is 29.1 Å². The first-order chi connectivity index (χ1) is 19.3. The van der Waals surface area contributed by atoms with Crippen LogP contribution in [0, 0.1) is 0 Å². The van der Waals surface area contributed by atoms with Gasteiger partial charge in [-0.25, -0.2) is 0 Å². The Bertz CT molecular complexity index is 1430. The summed E-state index contributed by atoms with van der Waals surface area (Å²) in [6, 6.07) is 19.4. The lowest BCUT2D eigenvalue weighted by Gasteiger charge is -2.24. The monoisotopic (exact) mass is 559 g/mol. The van der Waals surface area contributed by atoms with Crippen molar-refractivity contribution in [3.05, 3.63) is 99.6 Å². The zero-order valence-electron chi connectivity index (χ0n) is 22.0. The second-order valence-electron chi connectivity index (χ2n) is 10.2.